The van der Waals surface area contributed by atoms with Crippen LogP contribution in [0.1, 0.15) is 32.6 Å². The summed E-state index contributed by atoms with van der Waals surface area (Å²) in [5.41, 5.74) is 0. The van der Waals surface area contributed by atoms with Crippen LogP contribution in [-0.2, 0) is 14.4 Å². The Morgan fingerprint density at radius 2 is 2.46 bits per heavy atom. The molecule has 1 heterocycles. The third-order valence-corrected chi connectivity index (χ3v) is 2.47. The molecule has 1 aliphatic heterocycles. The molecule has 0 bridgehead atoms. The van der Waals surface area contributed by atoms with E-state index in [1.807, 2.05) is 0 Å². The van der Waals surface area contributed by atoms with Gasteiger partial charge in [-0.3, -0.25) is 0 Å². The van der Waals surface area contributed by atoms with Gasteiger partial charge in [-0.2, -0.15) is 5.90 Å². The molecule has 0 saturated carbocycles. The van der Waals surface area contributed by atoms with E-state index in [0.29, 0.717) is 6.61 Å². The van der Waals surface area contributed by atoms with Gasteiger partial charge in [0.2, 0.25) is 0 Å². The quantitative estimate of drug-likeness (QED) is 0.667. The lowest BCUT2D eigenvalue weighted by molar-refractivity contribution is -0.151. The van der Waals surface area contributed by atoms with Crippen molar-refractivity contribution in [1.29, 1.82) is 0 Å². The van der Waals surface area contributed by atoms with Gasteiger partial charge in [0, 0.05) is 6.61 Å². The molecular formula is C9H17NO3. The third kappa shape index (κ3) is 2.67. The molecule has 1 rings (SSSR count). The predicted molar refractivity (Wildman–Crippen MR) is 47.7 cm³/mol. The first-order valence-electron chi connectivity index (χ1n) is 4.81. The highest BCUT2D eigenvalue weighted by atomic mass is 16.7. The molecule has 0 aliphatic carbocycles. The first-order chi connectivity index (χ1) is 6.29. The fraction of sp³-hybridized carbons (Fsp3) is 0.889. The molecular weight excluding hydrogens is 170 g/mol. The van der Waals surface area contributed by atoms with E-state index in [1.165, 1.54) is 0 Å². The number of carbonyl (C=O) groups excluding carboxylic acids is 1. The van der Waals surface area contributed by atoms with Crippen molar-refractivity contribution in [2.75, 3.05) is 6.61 Å². The van der Waals surface area contributed by atoms with Crippen LogP contribution in [0.3, 0.4) is 0 Å². The van der Waals surface area contributed by atoms with Gasteiger partial charge in [-0.1, -0.05) is 19.8 Å². The van der Waals surface area contributed by atoms with Crippen LogP contribution < -0.4 is 5.90 Å². The Balaban J connectivity index is 2.39. The minimum atomic E-state index is -0.335. The van der Waals surface area contributed by atoms with E-state index in [0.717, 1.165) is 25.7 Å². The monoisotopic (exact) mass is 187 g/mol. The Morgan fingerprint density at radius 1 is 1.69 bits per heavy atom. The molecule has 0 aromatic heterocycles. The van der Waals surface area contributed by atoms with Crippen LogP contribution in [0.25, 0.3) is 0 Å². The second-order valence-electron chi connectivity index (χ2n) is 3.38. The van der Waals surface area contributed by atoms with Crippen molar-refractivity contribution in [2.45, 2.75) is 38.7 Å². The molecule has 2 N–H and O–H groups in total. The summed E-state index contributed by atoms with van der Waals surface area (Å²) in [6.45, 7) is 2.76. The highest BCUT2D eigenvalue weighted by Crippen LogP contribution is 2.25. The smallest absolute Gasteiger partial charge is 0.330 e. The lowest BCUT2D eigenvalue weighted by Gasteiger charge is -2.14. The first kappa shape index (κ1) is 10.5. The van der Waals surface area contributed by atoms with Crippen molar-refractivity contribution in [3.63, 3.8) is 0 Å². The van der Waals surface area contributed by atoms with Crippen LogP contribution in [0.15, 0.2) is 0 Å². The van der Waals surface area contributed by atoms with Gasteiger partial charge in [0.1, 0.15) is 0 Å². The molecule has 2 atom stereocenters. The van der Waals surface area contributed by atoms with E-state index >= 15 is 0 Å². The number of carbonyl (C=O) groups is 1. The van der Waals surface area contributed by atoms with Crippen molar-refractivity contribution in [3.05, 3.63) is 0 Å². The van der Waals surface area contributed by atoms with Crippen LogP contribution in [0.4, 0.5) is 0 Å². The van der Waals surface area contributed by atoms with Crippen LogP contribution in [-0.4, -0.2) is 18.7 Å². The van der Waals surface area contributed by atoms with Crippen LogP contribution in [0.5, 0.6) is 0 Å². The third-order valence-electron chi connectivity index (χ3n) is 2.47. The number of ether oxygens (including phenoxy) is 1. The fourth-order valence-electron chi connectivity index (χ4n) is 1.70. The van der Waals surface area contributed by atoms with Crippen molar-refractivity contribution in [3.8, 4) is 0 Å². The average molecular weight is 187 g/mol. The maximum Gasteiger partial charge on any atom is 0.330 e. The van der Waals surface area contributed by atoms with Gasteiger partial charge in [0.05, 0.1) is 12.0 Å². The van der Waals surface area contributed by atoms with Gasteiger partial charge in [-0.15, -0.1) is 0 Å². The summed E-state index contributed by atoms with van der Waals surface area (Å²) in [5.74, 6) is 4.36. The van der Waals surface area contributed by atoms with Crippen molar-refractivity contribution in [2.24, 2.45) is 11.8 Å². The first-order valence-corrected chi connectivity index (χ1v) is 4.81. The molecule has 0 aromatic rings. The SMILES string of the molecule is CCCCC1OCC[C@@H]1C(=O)ON. The highest BCUT2D eigenvalue weighted by Gasteiger charge is 2.34. The largest absolute Gasteiger partial charge is 0.377 e. The summed E-state index contributed by atoms with van der Waals surface area (Å²) >= 11 is 0. The molecule has 0 aromatic carbocycles. The maximum absolute atomic E-state index is 11.2. The van der Waals surface area contributed by atoms with E-state index in [2.05, 4.69) is 11.8 Å². The van der Waals surface area contributed by atoms with Crippen LogP contribution in [0, 0.1) is 5.92 Å². The molecule has 1 fully saturated rings. The van der Waals surface area contributed by atoms with E-state index in [9.17, 15) is 4.79 Å². The lowest BCUT2D eigenvalue weighted by Crippen LogP contribution is -2.28. The minimum Gasteiger partial charge on any atom is -0.377 e. The lowest BCUT2D eigenvalue weighted by atomic mass is 9.97. The van der Waals surface area contributed by atoms with Crippen molar-refractivity contribution < 1.29 is 14.4 Å². The molecule has 13 heavy (non-hydrogen) atoms. The van der Waals surface area contributed by atoms with Gasteiger partial charge in [-0.05, 0) is 12.8 Å². The van der Waals surface area contributed by atoms with E-state index in [1.54, 1.807) is 0 Å². The normalized spacial score (nSPS) is 27.5. The van der Waals surface area contributed by atoms with E-state index < -0.39 is 0 Å². The van der Waals surface area contributed by atoms with Gasteiger partial charge < -0.3 is 9.57 Å². The summed E-state index contributed by atoms with van der Waals surface area (Å²) in [4.78, 5) is 15.4. The topological polar surface area (TPSA) is 61.5 Å². The minimum absolute atomic E-state index is 0.0241. The summed E-state index contributed by atoms with van der Waals surface area (Å²) in [6.07, 6.45) is 3.89. The Bertz CT molecular complexity index is 172. The molecule has 1 saturated heterocycles. The van der Waals surface area contributed by atoms with Gasteiger partial charge in [-0.25, -0.2) is 4.79 Å². The Labute approximate surface area is 78.3 Å². The molecule has 0 spiro atoms. The molecule has 0 amide bonds. The van der Waals surface area contributed by atoms with E-state index in [4.69, 9.17) is 10.6 Å². The zero-order chi connectivity index (χ0) is 9.68. The average Bonchev–Trinajstić information content (AvgIpc) is 2.61. The molecule has 1 unspecified atom stereocenters. The number of hydrogen-bond acceptors (Lipinski definition) is 4. The number of nitrogens with two attached hydrogens (primary N) is 1. The number of hydrogen-bond donors (Lipinski definition) is 1. The van der Waals surface area contributed by atoms with E-state index in [-0.39, 0.29) is 18.0 Å². The highest BCUT2D eigenvalue weighted by molar-refractivity contribution is 5.73. The second kappa shape index (κ2) is 5.19. The number of unbranched alkanes of at least 4 members (excludes halogenated alkanes) is 1. The molecule has 76 valence electrons. The molecule has 0 radical (unpaired) electrons. The van der Waals surface area contributed by atoms with Crippen LogP contribution >= 0.6 is 0 Å². The Hall–Kier alpha value is -0.610. The summed E-state index contributed by atoms with van der Waals surface area (Å²) in [5, 5.41) is 0. The van der Waals surface area contributed by atoms with Crippen molar-refractivity contribution in [1.82, 2.24) is 0 Å². The fourth-order valence-corrected chi connectivity index (χ4v) is 1.70. The molecule has 4 nitrogen and oxygen atoms in total. The predicted octanol–water partition coefficient (Wildman–Crippen LogP) is 0.999. The number of rotatable bonds is 4. The Kier molecular flexibility index (Phi) is 4.18. The van der Waals surface area contributed by atoms with Gasteiger partial charge in [0.15, 0.2) is 0 Å². The zero-order valence-corrected chi connectivity index (χ0v) is 7.99. The van der Waals surface area contributed by atoms with Crippen molar-refractivity contribution >= 4 is 5.97 Å². The standard InChI is InChI=1S/C9H17NO3/c1-2-3-4-8-7(5-6-12-8)9(11)13-10/h7-8H,2-6,10H2,1H3/t7-,8?/m0/s1. The summed E-state index contributed by atoms with van der Waals surface area (Å²) in [6, 6.07) is 0. The Morgan fingerprint density at radius 3 is 3.08 bits per heavy atom. The molecule has 4 heteroatoms. The maximum atomic E-state index is 11.2. The molecule has 1 aliphatic rings. The second-order valence-corrected chi connectivity index (χ2v) is 3.38. The van der Waals surface area contributed by atoms with Gasteiger partial charge >= 0.3 is 5.97 Å². The summed E-state index contributed by atoms with van der Waals surface area (Å²) in [7, 11) is 0. The van der Waals surface area contributed by atoms with Gasteiger partial charge in [0.25, 0.3) is 0 Å². The summed E-state index contributed by atoms with van der Waals surface area (Å²) < 4.78 is 5.43. The zero-order valence-electron chi connectivity index (χ0n) is 7.99. The van der Waals surface area contributed by atoms with Crippen LogP contribution in [0.2, 0.25) is 0 Å².